The van der Waals surface area contributed by atoms with Crippen LogP contribution in [0.5, 0.6) is 0 Å². The molecule has 1 heterocycles. The van der Waals surface area contributed by atoms with Gasteiger partial charge < -0.3 is 0 Å². The average Bonchev–Trinajstić information content (AvgIpc) is 1.88. The molecule has 0 bridgehead atoms. The van der Waals surface area contributed by atoms with Crippen molar-refractivity contribution in [3.8, 4) is 0 Å². The van der Waals surface area contributed by atoms with Gasteiger partial charge in [0.15, 0.2) is 0 Å². The third-order valence-corrected chi connectivity index (χ3v) is 1.81. The number of halogens is 1. The van der Waals surface area contributed by atoms with Crippen LogP contribution in [0.15, 0.2) is 24.9 Å². The molecule has 52 valence electrons. The second-order valence-electron chi connectivity index (χ2n) is 2.15. The predicted molar refractivity (Wildman–Crippen MR) is 51.7 cm³/mol. The largest absolute Gasteiger partial charge is 0.250 e. The topological polar surface area (TPSA) is 12.9 Å². The number of nitrogens with zero attached hydrogens (tertiary/aromatic N) is 1. The highest BCUT2D eigenvalue weighted by molar-refractivity contribution is 14.1. The molecule has 0 saturated carbocycles. The summed E-state index contributed by atoms with van der Waals surface area (Å²) in [5, 5.41) is 0. The minimum Gasteiger partial charge on any atom is -0.250 e. The first-order chi connectivity index (χ1) is 4.70. The maximum Gasteiger partial charge on any atom is 0.101 e. The fourth-order valence-electron chi connectivity index (χ4n) is 0.668. The first kappa shape index (κ1) is 7.72. The predicted octanol–water partition coefficient (Wildman–Crippen LogP) is 2.72. The maximum absolute atomic E-state index is 4.07. The van der Waals surface area contributed by atoms with Crippen LogP contribution in [-0.4, -0.2) is 4.98 Å². The molecule has 0 amide bonds. The molecular formula is C8H8IN. The summed E-state index contributed by atoms with van der Waals surface area (Å²) in [6, 6.07) is 3.98. The van der Waals surface area contributed by atoms with E-state index in [1.54, 1.807) is 6.20 Å². The summed E-state index contributed by atoms with van der Waals surface area (Å²) in [6.07, 6.45) is 1.80. The van der Waals surface area contributed by atoms with Crippen LogP contribution in [0.4, 0.5) is 0 Å². The number of hydrogen-bond acceptors (Lipinski definition) is 1. The Morgan fingerprint density at radius 2 is 2.40 bits per heavy atom. The zero-order valence-corrected chi connectivity index (χ0v) is 7.92. The van der Waals surface area contributed by atoms with Crippen LogP contribution in [0.25, 0.3) is 5.57 Å². The van der Waals surface area contributed by atoms with Crippen molar-refractivity contribution in [1.29, 1.82) is 0 Å². The van der Waals surface area contributed by atoms with Crippen LogP contribution in [0.2, 0.25) is 0 Å². The molecule has 0 spiro atoms. The number of allylic oxidation sites excluding steroid dienone is 1. The second-order valence-corrected chi connectivity index (χ2v) is 3.25. The molecule has 0 aliphatic heterocycles. The lowest BCUT2D eigenvalue weighted by molar-refractivity contribution is 1.26. The van der Waals surface area contributed by atoms with E-state index in [1.165, 1.54) is 5.56 Å². The van der Waals surface area contributed by atoms with E-state index in [1.807, 2.05) is 19.1 Å². The first-order valence-electron chi connectivity index (χ1n) is 2.97. The van der Waals surface area contributed by atoms with Crippen molar-refractivity contribution in [1.82, 2.24) is 4.98 Å². The zero-order valence-electron chi connectivity index (χ0n) is 5.76. The lowest BCUT2D eigenvalue weighted by Crippen LogP contribution is -1.82. The molecule has 0 aliphatic carbocycles. The molecule has 0 saturated heterocycles. The van der Waals surface area contributed by atoms with E-state index in [4.69, 9.17) is 0 Å². The molecule has 2 heteroatoms. The number of rotatable bonds is 1. The van der Waals surface area contributed by atoms with Gasteiger partial charge in [0.1, 0.15) is 3.70 Å². The molecule has 0 fully saturated rings. The van der Waals surface area contributed by atoms with Crippen LogP contribution in [0, 0.1) is 3.70 Å². The van der Waals surface area contributed by atoms with Gasteiger partial charge in [-0.25, -0.2) is 0 Å². The zero-order chi connectivity index (χ0) is 7.56. The van der Waals surface area contributed by atoms with Gasteiger partial charge >= 0.3 is 0 Å². The van der Waals surface area contributed by atoms with Crippen LogP contribution < -0.4 is 0 Å². The van der Waals surface area contributed by atoms with E-state index >= 15 is 0 Å². The smallest absolute Gasteiger partial charge is 0.101 e. The first-order valence-corrected chi connectivity index (χ1v) is 4.05. The van der Waals surface area contributed by atoms with Gasteiger partial charge in [-0.15, -0.1) is 0 Å². The van der Waals surface area contributed by atoms with E-state index < -0.39 is 0 Å². The van der Waals surface area contributed by atoms with Gasteiger partial charge in [-0.3, -0.25) is 4.98 Å². The Morgan fingerprint density at radius 3 is 2.80 bits per heavy atom. The van der Waals surface area contributed by atoms with E-state index in [0.29, 0.717) is 0 Å². The minimum absolute atomic E-state index is 1.01. The molecule has 0 aromatic carbocycles. The fraction of sp³-hybridized carbons (Fsp3) is 0.125. The Morgan fingerprint density at radius 1 is 1.70 bits per heavy atom. The van der Waals surface area contributed by atoms with E-state index in [2.05, 4.69) is 34.2 Å². The lowest BCUT2D eigenvalue weighted by Gasteiger charge is -1.97. The molecule has 0 radical (unpaired) electrons. The van der Waals surface area contributed by atoms with Gasteiger partial charge in [-0.1, -0.05) is 12.2 Å². The Kier molecular flexibility index (Phi) is 2.43. The maximum atomic E-state index is 4.07. The summed E-state index contributed by atoms with van der Waals surface area (Å²) in [5.41, 5.74) is 2.25. The van der Waals surface area contributed by atoms with Crippen molar-refractivity contribution in [3.05, 3.63) is 34.2 Å². The number of hydrogen-bond donors (Lipinski definition) is 0. The van der Waals surface area contributed by atoms with Gasteiger partial charge in [-0.05, 0) is 47.2 Å². The molecule has 0 atom stereocenters. The lowest BCUT2D eigenvalue weighted by atomic mass is 10.1. The van der Waals surface area contributed by atoms with Gasteiger partial charge in [0.05, 0.1) is 0 Å². The summed E-state index contributed by atoms with van der Waals surface area (Å²) in [7, 11) is 0. The van der Waals surface area contributed by atoms with Crippen molar-refractivity contribution in [2.75, 3.05) is 0 Å². The molecule has 1 aromatic rings. The third kappa shape index (κ3) is 1.80. The molecule has 10 heavy (non-hydrogen) atoms. The van der Waals surface area contributed by atoms with Gasteiger partial charge in [0.2, 0.25) is 0 Å². The van der Waals surface area contributed by atoms with Gasteiger partial charge in [-0.2, -0.15) is 0 Å². The highest BCUT2D eigenvalue weighted by atomic mass is 127. The highest BCUT2D eigenvalue weighted by Crippen LogP contribution is 2.11. The molecule has 0 N–H and O–H groups in total. The Bertz CT molecular complexity index is 255. The van der Waals surface area contributed by atoms with Crippen molar-refractivity contribution >= 4 is 28.2 Å². The summed E-state index contributed by atoms with van der Waals surface area (Å²) >= 11 is 2.19. The average molecular weight is 245 g/mol. The summed E-state index contributed by atoms with van der Waals surface area (Å²) in [4.78, 5) is 4.07. The van der Waals surface area contributed by atoms with E-state index in [9.17, 15) is 0 Å². The normalized spacial score (nSPS) is 9.40. The molecule has 1 nitrogen and oxygen atoms in total. The van der Waals surface area contributed by atoms with Crippen LogP contribution >= 0.6 is 22.6 Å². The Hall–Kier alpha value is -0.380. The summed E-state index contributed by atoms with van der Waals surface area (Å²) in [5.74, 6) is 0. The van der Waals surface area contributed by atoms with Gasteiger partial charge in [0, 0.05) is 6.20 Å². The SMILES string of the molecule is C=C(C)c1ccnc(I)c1. The van der Waals surface area contributed by atoms with Crippen molar-refractivity contribution in [3.63, 3.8) is 0 Å². The minimum atomic E-state index is 1.01. The fourth-order valence-corrected chi connectivity index (χ4v) is 1.16. The standard InChI is InChI=1S/C8H8IN/c1-6(2)7-3-4-10-8(9)5-7/h3-5H,1H2,2H3. The Balaban J connectivity index is 3.07. The second kappa shape index (κ2) is 3.14. The van der Waals surface area contributed by atoms with Crippen LogP contribution in [0.1, 0.15) is 12.5 Å². The molecule has 0 aliphatic rings. The number of aromatic nitrogens is 1. The molecule has 0 unspecified atom stereocenters. The van der Waals surface area contributed by atoms with Gasteiger partial charge in [0.25, 0.3) is 0 Å². The van der Waals surface area contributed by atoms with Crippen LogP contribution in [0.3, 0.4) is 0 Å². The number of pyridine rings is 1. The van der Waals surface area contributed by atoms with Crippen LogP contribution in [-0.2, 0) is 0 Å². The third-order valence-electron chi connectivity index (χ3n) is 1.22. The van der Waals surface area contributed by atoms with Crippen molar-refractivity contribution < 1.29 is 0 Å². The highest BCUT2D eigenvalue weighted by Gasteiger charge is 1.92. The van der Waals surface area contributed by atoms with E-state index in [0.717, 1.165) is 9.27 Å². The molecule has 1 aromatic heterocycles. The monoisotopic (exact) mass is 245 g/mol. The quantitative estimate of drug-likeness (QED) is 0.547. The summed E-state index contributed by atoms with van der Waals surface area (Å²) in [6.45, 7) is 5.83. The molecular weight excluding hydrogens is 237 g/mol. The summed E-state index contributed by atoms with van der Waals surface area (Å²) < 4.78 is 1.01. The van der Waals surface area contributed by atoms with Crippen molar-refractivity contribution in [2.45, 2.75) is 6.92 Å². The molecule has 1 rings (SSSR count). The Labute approximate surface area is 74.3 Å². The van der Waals surface area contributed by atoms with Crippen molar-refractivity contribution in [2.24, 2.45) is 0 Å². The van der Waals surface area contributed by atoms with E-state index in [-0.39, 0.29) is 0 Å².